The van der Waals surface area contributed by atoms with Crippen LogP contribution in [-0.4, -0.2) is 31.1 Å². The van der Waals surface area contributed by atoms with Crippen LogP contribution in [0.25, 0.3) is 0 Å². The summed E-state index contributed by atoms with van der Waals surface area (Å²) >= 11 is 0.827. The van der Waals surface area contributed by atoms with Crippen LogP contribution >= 0.6 is 11.3 Å². The molecule has 0 atom stereocenters. The smallest absolute Gasteiger partial charge is 0.269 e. The van der Waals surface area contributed by atoms with E-state index in [1.165, 1.54) is 0 Å². The monoisotopic (exact) mass is 354 g/mol. The number of hydrogen-bond donors (Lipinski definition) is 2. The highest BCUT2D eigenvalue weighted by Gasteiger charge is 2.20. The Balaban J connectivity index is 1.94. The van der Waals surface area contributed by atoms with Gasteiger partial charge in [0.05, 0.1) is 0 Å². The molecule has 0 aliphatic rings. The molecule has 7 nitrogen and oxygen atoms in total. The number of aromatic nitrogens is 2. The molecule has 0 spiro atoms. The van der Waals surface area contributed by atoms with Crippen molar-refractivity contribution < 1.29 is 13.2 Å². The number of nitrogens with zero attached hydrogens (tertiary/aromatic N) is 2. The van der Waals surface area contributed by atoms with E-state index < -0.39 is 10.0 Å². The maximum atomic E-state index is 12.1. The minimum Gasteiger partial charge on any atom is -0.300 e. The number of carbonyl (C=O) groups excluding carboxylic acids is 1. The second-order valence-corrected chi connectivity index (χ2v) is 8.07. The van der Waals surface area contributed by atoms with Gasteiger partial charge in [0.15, 0.2) is 0 Å². The zero-order valence-electron chi connectivity index (χ0n) is 12.8. The lowest BCUT2D eigenvalue weighted by Crippen LogP contribution is -2.25. The summed E-state index contributed by atoms with van der Waals surface area (Å²) in [4.78, 5) is 11.6. The van der Waals surface area contributed by atoms with Crippen molar-refractivity contribution in [1.82, 2.24) is 14.9 Å². The first kappa shape index (κ1) is 17.5. The third-order valence-electron chi connectivity index (χ3n) is 2.94. The Kier molecular flexibility index (Phi) is 5.80. The molecule has 1 amide bonds. The topological polar surface area (TPSA) is 101 Å². The molecule has 0 bridgehead atoms. The molecule has 9 heteroatoms. The van der Waals surface area contributed by atoms with E-state index in [4.69, 9.17) is 0 Å². The van der Waals surface area contributed by atoms with Gasteiger partial charge < -0.3 is 5.32 Å². The van der Waals surface area contributed by atoms with E-state index in [0.717, 1.165) is 16.9 Å². The second-order valence-electron chi connectivity index (χ2n) is 5.15. The van der Waals surface area contributed by atoms with E-state index in [1.54, 1.807) is 13.8 Å². The van der Waals surface area contributed by atoms with Crippen LogP contribution in [0.5, 0.6) is 0 Å². The van der Waals surface area contributed by atoms with E-state index in [2.05, 4.69) is 20.2 Å². The molecule has 0 aliphatic heterocycles. The Bertz CT molecular complexity index is 757. The average molecular weight is 354 g/mol. The van der Waals surface area contributed by atoms with Gasteiger partial charge >= 0.3 is 0 Å². The van der Waals surface area contributed by atoms with Crippen molar-refractivity contribution in [1.29, 1.82) is 0 Å². The van der Waals surface area contributed by atoms with Crippen molar-refractivity contribution >= 4 is 32.4 Å². The third kappa shape index (κ3) is 5.08. The second kappa shape index (κ2) is 7.62. The molecular weight excluding hydrogens is 336 g/mol. The Morgan fingerprint density at radius 2 is 1.91 bits per heavy atom. The molecule has 2 rings (SSSR count). The molecule has 2 aromatic rings. The number of anilines is 1. The largest absolute Gasteiger partial charge is 0.300 e. The first-order valence-corrected chi connectivity index (χ1v) is 9.36. The molecule has 1 aromatic heterocycles. The predicted molar refractivity (Wildman–Crippen MR) is 88.7 cm³/mol. The van der Waals surface area contributed by atoms with Crippen LogP contribution in [-0.2, 0) is 21.2 Å². The van der Waals surface area contributed by atoms with Gasteiger partial charge in [0.25, 0.3) is 10.0 Å². The summed E-state index contributed by atoms with van der Waals surface area (Å²) in [5.74, 6) is -0.454. The number of amides is 1. The number of rotatable bonds is 7. The molecule has 1 heterocycles. The van der Waals surface area contributed by atoms with E-state index in [0.29, 0.717) is 6.42 Å². The fourth-order valence-corrected chi connectivity index (χ4v) is 3.63. The molecule has 124 valence electrons. The van der Waals surface area contributed by atoms with Gasteiger partial charge in [-0.15, -0.1) is 10.2 Å². The van der Waals surface area contributed by atoms with E-state index in [9.17, 15) is 13.2 Å². The number of carbonyl (C=O) groups is 1. The molecule has 0 aliphatic carbocycles. The number of hydrogen-bond acceptors (Lipinski definition) is 6. The highest BCUT2D eigenvalue weighted by Crippen LogP contribution is 2.20. The molecule has 0 saturated heterocycles. The SMILES string of the molecule is CC(C)C(=O)Nc1nnc(S(=O)(=O)NCCc2ccccc2)s1. The van der Waals surface area contributed by atoms with Gasteiger partial charge in [0, 0.05) is 12.5 Å². The van der Waals surface area contributed by atoms with Crippen LogP contribution in [0.4, 0.5) is 5.13 Å². The highest BCUT2D eigenvalue weighted by molar-refractivity contribution is 7.91. The van der Waals surface area contributed by atoms with E-state index >= 15 is 0 Å². The molecule has 2 N–H and O–H groups in total. The lowest BCUT2D eigenvalue weighted by molar-refractivity contribution is -0.118. The summed E-state index contributed by atoms with van der Waals surface area (Å²) in [5, 5.41) is 10.0. The van der Waals surface area contributed by atoms with Crippen LogP contribution in [0.2, 0.25) is 0 Å². The van der Waals surface area contributed by atoms with E-state index in [1.807, 2.05) is 30.3 Å². The van der Waals surface area contributed by atoms with Gasteiger partial charge in [-0.3, -0.25) is 4.79 Å². The van der Waals surface area contributed by atoms with Gasteiger partial charge in [-0.1, -0.05) is 55.5 Å². The minimum atomic E-state index is -3.72. The van der Waals surface area contributed by atoms with Crippen LogP contribution < -0.4 is 10.0 Å². The normalized spacial score (nSPS) is 11.6. The van der Waals surface area contributed by atoms with Gasteiger partial charge in [-0.2, -0.15) is 0 Å². The number of nitrogens with one attached hydrogen (secondary N) is 2. The van der Waals surface area contributed by atoms with Crippen LogP contribution in [0.1, 0.15) is 19.4 Å². The molecule has 0 unspecified atom stereocenters. The van der Waals surface area contributed by atoms with Crippen molar-refractivity contribution in [2.24, 2.45) is 5.92 Å². The first-order chi connectivity index (χ1) is 10.9. The Morgan fingerprint density at radius 1 is 1.22 bits per heavy atom. The zero-order chi connectivity index (χ0) is 16.9. The van der Waals surface area contributed by atoms with Gasteiger partial charge in [0.2, 0.25) is 15.4 Å². The van der Waals surface area contributed by atoms with Crippen molar-refractivity contribution in [3.05, 3.63) is 35.9 Å². The van der Waals surface area contributed by atoms with Crippen molar-refractivity contribution in [3.8, 4) is 0 Å². The first-order valence-electron chi connectivity index (χ1n) is 7.06. The molecule has 0 radical (unpaired) electrons. The van der Waals surface area contributed by atoms with Crippen LogP contribution in [0.3, 0.4) is 0 Å². The summed E-state index contributed by atoms with van der Waals surface area (Å²) in [5.41, 5.74) is 1.04. The lowest BCUT2D eigenvalue weighted by atomic mass is 10.2. The van der Waals surface area contributed by atoms with Crippen LogP contribution in [0.15, 0.2) is 34.7 Å². The summed E-state index contributed by atoms with van der Waals surface area (Å²) in [6.45, 7) is 3.73. The number of sulfonamides is 1. The van der Waals surface area contributed by atoms with E-state index in [-0.39, 0.29) is 27.8 Å². The molecular formula is C14H18N4O3S2. The van der Waals surface area contributed by atoms with Gasteiger partial charge in [-0.05, 0) is 12.0 Å². The fraction of sp³-hybridized carbons (Fsp3) is 0.357. The fourth-order valence-electron chi connectivity index (χ4n) is 1.65. The highest BCUT2D eigenvalue weighted by atomic mass is 32.2. The van der Waals surface area contributed by atoms with Gasteiger partial charge in [0.1, 0.15) is 0 Å². The summed E-state index contributed by atoms with van der Waals surface area (Å²) < 4.78 is 26.6. The molecule has 0 fully saturated rings. The maximum absolute atomic E-state index is 12.1. The van der Waals surface area contributed by atoms with Crippen molar-refractivity contribution in [2.45, 2.75) is 24.6 Å². The Labute approximate surface area is 139 Å². The maximum Gasteiger partial charge on any atom is 0.269 e. The lowest BCUT2D eigenvalue weighted by Gasteiger charge is -2.04. The molecule has 0 saturated carbocycles. The minimum absolute atomic E-state index is 0.162. The quantitative estimate of drug-likeness (QED) is 0.736. The zero-order valence-corrected chi connectivity index (χ0v) is 14.4. The van der Waals surface area contributed by atoms with Crippen molar-refractivity contribution in [3.63, 3.8) is 0 Å². The van der Waals surface area contributed by atoms with Gasteiger partial charge in [-0.25, -0.2) is 13.1 Å². The average Bonchev–Trinajstić information content (AvgIpc) is 2.97. The van der Waals surface area contributed by atoms with Crippen molar-refractivity contribution in [2.75, 3.05) is 11.9 Å². The molecule has 1 aromatic carbocycles. The predicted octanol–water partition coefficient (Wildman–Crippen LogP) is 1.65. The summed E-state index contributed by atoms with van der Waals surface area (Å²) in [7, 11) is -3.72. The van der Waals surface area contributed by atoms with Crippen LogP contribution in [0, 0.1) is 5.92 Å². The Hall–Kier alpha value is -1.84. The number of benzene rings is 1. The summed E-state index contributed by atoms with van der Waals surface area (Å²) in [6, 6.07) is 9.57. The summed E-state index contributed by atoms with van der Waals surface area (Å²) in [6.07, 6.45) is 0.579. The Morgan fingerprint density at radius 3 is 2.57 bits per heavy atom. The third-order valence-corrected chi connectivity index (χ3v) is 5.61. The molecule has 23 heavy (non-hydrogen) atoms. The standard InChI is InChI=1S/C14H18N4O3S2/c1-10(2)12(19)16-13-17-18-14(22-13)23(20,21)15-9-8-11-6-4-3-5-7-11/h3-7,10,15H,8-9H2,1-2H3,(H,16,17,19).